The Morgan fingerprint density at radius 1 is 0.830 bits per heavy atom. The first kappa shape index (κ1) is 33.3. The van der Waals surface area contributed by atoms with Gasteiger partial charge in [-0.3, -0.25) is 14.8 Å². The lowest BCUT2D eigenvalue weighted by atomic mass is 9.96. The second-order valence-corrected chi connectivity index (χ2v) is 13.3. The molecule has 3 aromatic rings. The van der Waals surface area contributed by atoms with Crippen LogP contribution >= 0.6 is 23.2 Å². The topological polar surface area (TPSA) is 58.5 Å². The van der Waals surface area contributed by atoms with E-state index in [2.05, 4.69) is 99.0 Å². The van der Waals surface area contributed by atoms with Gasteiger partial charge in [0.1, 0.15) is 11.7 Å². The number of aliphatic imine (C=N–C) groups is 2. The Kier molecular flexibility index (Phi) is 11.3. The molecule has 3 aromatic carbocycles. The Balaban J connectivity index is 1.10. The minimum Gasteiger partial charge on any atom is -0.386 e. The van der Waals surface area contributed by atoms with Gasteiger partial charge in [0.25, 0.3) is 0 Å². The third-order valence-corrected chi connectivity index (χ3v) is 9.81. The lowest BCUT2D eigenvalue weighted by Gasteiger charge is -2.40. The molecule has 47 heavy (non-hydrogen) atoms. The molecule has 246 valence electrons. The lowest BCUT2D eigenvalue weighted by molar-refractivity contribution is 0.120. The molecule has 2 fully saturated rings. The summed E-state index contributed by atoms with van der Waals surface area (Å²) < 4.78 is 0. The molecule has 0 amide bonds. The summed E-state index contributed by atoms with van der Waals surface area (Å²) in [6.45, 7) is 9.22. The monoisotopic (exact) mass is 669 g/mol. The van der Waals surface area contributed by atoms with Gasteiger partial charge in [-0.25, -0.2) is 4.99 Å². The summed E-state index contributed by atoms with van der Waals surface area (Å²) in [4.78, 5) is 17.7. The van der Waals surface area contributed by atoms with Crippen LogP contribution in [0.15, 0.2) is 107 Å². The number of nitrogens with zero attached hydrogens (tertiary/aromatic N) is 5. The standard InChI is InChI=1S/C38H45Cl2N7/c1-3-4-7-30-26-42-36(44-38(30)47-20-18-33(19-21-47)43-35-9-6-5-8-34(35)41-2)27-45-22-24-46(25-23-45)37(28-10-14-31(39)15-11-28)29-12-16-32(40)17-13-29/h3-17,33,37,41,43H,18-27H2,1-2H3/b4-3-,30-7+. The van der Waals surface area contributed by atoms with E-state index in [-0.39, 0.29) is 6.04 Å². The molecule has 0 aromatic heterocycles. The van der Waals surface area contributed by atoms with E-state index in [1.54, 1.807) is 0 Å². The molecular weight excluding hydrogens is 625 g/mol. The summed E-state index contributed by atoms with van der Waals surface area (Å²) in [7, 11) is 1.97. The Hall–Kier alpha value is -3.62. The fraction of sp³-hybridized carbons (Fsp3) is 0.368. The normalized spacial score (nSPS) is 19.3. The van der Waals surface area contributed by atoms with Crippen LogP contribution in [0.2, 0.25) is 10.0 Å². The molecule has 0 bridgehead atoms. The highest BCUT2D eigenvalue weighted by Gasteiger charge is 2.29. The van der Waals surface area contributed by atoms with Crippen LogP contribution in [0.1, 0.15) is 36.9 Å². The minimum atomic E-state index is 0.145. The summed E-state index contributed by atoms with van der Waals surface area (Å²) >= 11 is 12.5. The van der Waals surface area contributed by atoms with Crippen molar-refractivity contribution in [1.29, 1.82) is 0 Å². The van der Waals surface area contributed by atoms with Gasteiger partial charge in [-0.15, -0.1) is 0 Å². The summed E-state index contributed by atoms with van der Waals surface area (Å²) in [6.07, 6.45) is 8.47. The van der Waals surface area contributed by atoms with Crippen LogP contribution in [-0.4, -0.2) is 91.8 Å². The smallest absolute Gasteiger partial charge is 0.140 e. The summed E-state index contributed by atoms with van der Waals surface area (Å²) in [6, 6.07) is 25.5. The van der Waals surface area contributed by atoms with E-state index in [0.717, 1.165) is 86.1 Å². The number of piperazine rings is 1. The molecule has 0 spiro atoms. The number of rotatable bonds is 9. The number of likely N-dealkylation sites (tertiary alicyclic amines) is 1. The number of anilines is 2. The predicted octanol–water partition coefficient (Wildman–Crippen LogP) is 7.63. The molecule has 2 N–H and O–H groups in total. The fourth-order valence-electron chi connectivity index (χ4n) is 6.74. The van der Waals surface area contributed by atoms with Crippen molar-refractivity contribution in [2.24, 2.45) is 9.98 Å². The zero-order chi connectivity index (χ0) is 32.6. The number of amidine groups is 2. The van der Waals surface area contributed by atoms with E-state index in [9.17, 15) is 0 Å². The molecule has 0 saturated carbocycles. The van der Waals surface area contributed by atoms with Gasteiger partial charge in [0.05, 0.1) is 30.5 Å². The van der Waals surface area contributed by atoms with Crippen molar-refractivity contribution in [2.45, 2.75) is 31.8 Å². The zero-order valence-electron chi connectivity index (χ0n) is 27.4. The average molecular weight is 671 g/mol. The van der Waals surface area contributed by atoms with E-state index in [4.69, 9.17) is 33.2 Å². The van der Waals surface area contributed by atoms with E-state index < -0.39 is 0 Å². The number of nitrogens with one attached hydrogen (secondary N) is 2. The number of hydrogen-bond donors (Lipinski definition) is 2. The number of para-hydroxylation sites is 2. The molecule has 3 heterocycles. The van der Waals surface area contributed by atoms with Gasteiger partial charge in [0, 0.05) is 68.0 Å². The largest absolute Gasteiger partial charge is 0.386 e. The number of benzene rings is 3. The van der Waals surface area contributed by atoms with Gasteiger partial charge in [0.15, 0.2) is 0 Å². The van der Waals surface area contributed by atoms with Crippen LogP contribution in [0.25, 0.3) is 0 Å². The lowest BCUT2D eigenvalue weighted by Crippen LogP contribution is -2.49. The van der Waals surface area contributed by atoms with Crippen LogP contribution in [0, 0.1) is 0 Å². The predicted molar refractivity (Wildman–Crippen MR) is 200 cm³/mol. The van der Waals surface area contributed by atoms with E-state index in [0.29, 0.717) is 12.6 Å². The summed E-state index contributed by atoms with van der Waals surface area (Å²) in [5.41, 5.74) is 5.97. The highest BCUT2D eigenvalue weighted by atomic mass is 35.5. The number of piperidine rings is 1. The van der Waals surface area contributed by atoms with Gasteiger partial charge >= 0.3 is 0 Å². The number of hydrogen-bond acceptors (Lipinski definition) is 7. The molecule has 3 aliphatic heterocycles. The van der Waals surface area contributed by atoms with Gasteiger partial charge in [-0.1, -0.05) is 77.8 Å². The zero-order valence-corrected chi connectivity index (χ0v) is 28.9. The highest BCUT2D eigenvalue weighted by Crippen LogP contribution is 2.31. The molecule has 2 saturated heterocycles. The van der Waals surface area contributed by atoms with Crippen LogP contribution in [0.3, 0.4) is 0 Å². The van der Waals surface area contributed by atoms with Gasteiger partial charge in [0.2, 0.25) is 0 Å². The number of allylic oxidation sites excluding steroid dienone is 3. The third kappa shape index (κ3) is 8.46. The molecular formula is C38H45Cl2N7. The Bertz CT molecular complexity index is 1550. The quantitative estimate of drug-likeness (QED) is 0.245. The van der Waals surface area contributed by atoms with Crippen LogP contribution in [0.4, 0.5) is 11.4 Å². The van der Waals surface area contributed by atoms with E-state index >= 15 is 0 Å². The SMILES string of the molecule is C/C=C\C=C1/CN=C(CN2CCN(C(c3ccc(Cl)cc3)c3ccc(Cl)cc3)CC2)N=C1N1CCC(Nc2ccccc2NC)CC1. The first-order valence-electron chi connectivity index (χ1n) is 16.7. The number of halogens is 2. The molecule has 3 aliphatic rings. The summed E-state index contributed by atoms with van der Waals surface area (Å²) in [5.74, 6) is 2.02. The Morgan fingerprint density at radius 2 is 1.45 bits per heavy atom. The molecule has 0 unspecified atom stereocenters. The molecule has 0 atom stereocenters. The van der Waals surface area contributed by atoms with Crippen LogP contribution in [0.5, 0.6) is 0 Å². The van der Waals surface area contributed by atoms with Crippen molar-refractivity contribution < 1.29 is 0 Å². The summed E-state index contributed by atoms with van der Waals surface area (Å²) in [5, 5.41) is 8.57. The maximum atomic E-state index is 6.25. The van der Waals surface area contributed by atoms with Crippen molar-refractivity contribution in [3.63, 3.8) is 0 Å². The van der Waals surface area contributed by atoms with Crippen molar-refractivity contribution in [3.8, 4) is 0 Å². The first-order chi connectivity index (χ1) is 23.0. The maximum absolute atomic E-state index is 6.25. The fourth-order valence-corrected chi connectivity index (χ4v) is 6.99. The van der Waals surface area contributed by atoms with Crippen LogP contribution in [-0.2, 0) is 0 Å². The molecule has 6 rings (SSSR count). The minimum absolute atomic E-state index is 0.145. The first-order valence-corrected chi connectivity index (χ1v) is 17.5. The van der Waals surface area contributed by atoms with Crippen molar-refractivity contribution in [3.05, 3.63) is 118 Å². The average Bonchev–Trinajstić information content (AvgIpc) is 3.11. The van der Waals surface area contributed by atoms with E-state index in [1.807, 2.05) is 31.3 Å². The van der Waals surface area contributed by atoms with Gasteiger partial charge in [-0.05, 0) is 67.3 Å². The molecule has 7 nitrogen and oxygen atoms in total. The molecule has 9 heteroatoms. The second-order valence-electron chi connectivity index (χ2n) is 12.4. The van der Waals surface area contributed by atoms with Gasteiger partial charge in [-0.2, -0.15) is 0 Å². The molecule has 0 aliphatic carbocycles. The Labute approximate surface area is 289 Å². The van der Waals surface area contributed by atoms with Crippen molar-refractivity contribution >= 4 is 46.2 Å². The van der Waals surface area contributed by atoms with Crippen molar-refractivity contribution in [2.75, 3.05) is 70.0 Å². The second kappa shape index (κ2) is 16.0. The third-order valence-electron chi connectivity index (χ3n) is 9.30. The van der Waals surface area contributed by atoms with Gasteiger partial charge < -0.3 is 15.5 Å². The maximum Gasteiger partial charge on any atom is 0.140 e. The highest BCUT2D eigenvalue weighted by molar-refractivity contribution is 6.30. The van der Waals surface area contributed by atoms with E-state index in [1.165, 1.54) is 22.4 Å². The van der Waals surface area contributed by atoms with Crippen LogP contribution < -0.4 is 10.6 Å². The Morgan fingerprint density at radius 3 is 2.04 bits per heavy atom. The molecule has 0 radical (unpaired) electrons. The van der Waals surface area contributed by atoms with Crippen molar-refractivity contribution in [1.82, 2.24) is 14.7 Å².